The van der Waals surface area contributed by atoms with Crippen LogP contribution in [0.4, 0.5) is 5.69 Å². The average molecular weight is 505 g/mol. The number of ether oxygens (including phenoxy) is 1. The number of nitrogens with zero attached hydrogens (tertiary/aromatic N) is 1. The van der Waals surface area contributed by atoms with E-state index in [1.54, 1.807) is 24.3 Å². The second kappa shape index (κ2) is 10.1. The molecule has 1 amide bonds. The molecule has 0 aliphatic heterocycles. The first kappa shape index (κ1) is 24.7. The summed E-state index contributed by atoms with van der Waals surface area (Å²) in [7, 11) is 1.48. The zero-order valence-electron chi connectivity index (χ0n) is 19.3. The Bertz CT molecular complexity index is 1560. The summed E-state index contributed by atoms with van der Waals surface area (Å²) in [5.74, 6) is -2.79. The van der Waals surface area contributed by atoms with E-state index in [2.05, 4.69) is 5.32 Å². The van der Waals surface area contributed by atoms with E-state index in [4.69, 9.17) is 16.3 Å². The first-order valence-corrected chi connectivity index (χ1v) is 11.3. The van der Waals surface area contributed by atoms with Crippen LogP contribution in [0, 0.1) is 0 Å². The van der Waals surface area contributed by atoms with Crippen molar-refractivity contribution < 1.29 is 24.2 Å². The average Bonchev–Trinajstić information content (AvgIpc) is 2.87. The van der Waals surface area contributed by atoms with E-state index in [1.807, 2.05) is 30.3 Å². The van der Waals surface area contributed by atoms with Gasteiger partial charge < -0.3 is 19.7 Å². The highest BCUT2D eigenvalue weighted by atomic mass is 35.5. The van der Waals surface area contributed by atoms with Crippen LogP contribution in [-0.2, 0) is 16.6 Å². The molecule has 182 valence electrons. The van der Waals surface area contributed by atoms with E-state index < -0.39 is 23.9 Å². The number of carboxylic acids is 1. The van der Waals surface area contributed by atoms with Crippen LogP contribution >= 0.6 is 11.6 Å². The van der Waals surface area contributed by atoms with Crippen molar-refractivity contribution in [3.8, 4) is 11.1 Å². The number of hydrogen-bond donors (Lipinski definition) is 2. The van der Waals surface area contributed by atoms with E-state index in [-0.39, 0.29) is 27.5 Å². The Balaban J connectivity index is 1.68. The molecule has 0 saturated heterocycles. The van der Waals surface area contributed by atoms with Gasteiger partial charge in [0.2, 0.25) is 0 Å². The second-order valence-electron chi connectivity index (χ2n) is 8.04. The lowest BCUT2D eigenvalue weighted by Gasteiger charge is -2.19. The van der Waals surface area contributed by atoms with E-state index in [1.165, 1.54) is 36.7 Å². The van der Waals surface area contributed by atoms with Crippen LogP contribution in [0.25, 0.3) is 21.9 Å². The number of rotatable bonds is 6. The molecule has 36 heavy (non-hydrogen) atoms. The summed E-state index contributed by atoms with van der Waals surface area (Å²) in [6, 6.07) is 20.1. The lowest BCUT2D eigenvalue weighted by molar-refractivity contribution is -0.123. The summed E-state index contributed by atoms with van der Waals surface area (Å²) in [4.78, 5) is 50.4. The van der Waals surface area contributed by atoms with Gasteiger partial charge >= 0.3 is 11.9 Å². The van der Waals surface area contributed by atoms with Crippen LogP contribution in [0.3, 0.4) is 0 Å². The van der Waals surface area contributed by atoms with Gasteiger partial charge in [0.15, 0.2) is 6.10 Å². The summed E-state index contributed by atoms with van der Waals surface area (Å²) in [6.07, 6.45) is -1.26. The fourth-order valence-corrected chi connectivity index (χ4v) is 4.08. The van der Waals surface area contributed by atoms with Gasteiger partial charge in [0.25, 0.3) is 11.5 Å². The maximum atomic E-state index is 13.4. The van der Waals surface area contributed by atoms with Crippen LogP contribution in [0.1, 0.15) is 27.8 Å². The number of halogens is 1. The minimum absolute atomic E-state index is 0.00389. The summed E-state index contributed by atoms with van der Waals surface area (Å²) >= 11 is 5.87. The van der Waals surface area contributed by atoms with Crippen LogP contribution in [0.5, 0.6) is 0 Å². The zero-order valence-corrected chi connectivity index (χ0v) is 20.1. The van der Waals surface area contributed by atoms with Gasteiger partial charge in [0.05, 0.1) is 10.6 Å². The first-order chi connectivity index (χ1) is 17.2. The molecule has 0 bridgehead atoms. The summed E-state index contributed by atoms with van der Waals surface area (Å²) in [6.45, 7) is 1.38. The number of anilines is 1. The van der Waals surface area contributed by atoms with Crippen LogP contribution < -0.4 is 10.9 Å². The smallest absolute Gasteiger partial charge is 0.356 e. The van der Waals surface area contributed by atoms with Crippen LogP contribution in [0.15, 0.2) is 77.6 Å². The van der Waals surface area contributed by atoms with Gasteiger partial charge in [0.1, 0.15) is 5.69 Å². The normalized spacial score (nSPS) is 11.6. The molecule has 1 aromatic heterocycles. The van der Waals surface area contributed by atoms with Gasteiger partial charge in [-0.1, -0.05) is 60.1 Å². The molecule has 0 aliphatic rings. The number of esters is 1. The number of amides is 1. The SMILES string of the molecule is CC(OC(=O)c1c(-c2ccccc2)c2ccccc2c(=O)n1C)C(=O)Nc1ccc(Cl)c(C(=O)O)c1. The molecular weight excluding hydrogens is 484 g/mol. The molecule has 8 nitrogen and oxygen atoms in total. The van der Waals surface area contributed by atoms with Gasteiger partial charge in [0, 0.05) is 23.7 Å². The largest absolute Gasteiger partial charge is 0.478 e. The molecule has 3 aromatic carbocycles. The molecule has 4 rings (SSSR count). The molecule has 0 saturated carbocycles. The number of carbonyl (C=O) groups excluding carboxylic acids is 2. The van der Waals surface area contributed by atoms with Crippen molar-refractivity contribution in [3.63, 3.8) is 0 Å². The Hall–Kier alpha value is -4.43. The molecule has 0 radical (unpaired) electrons. The van der Waals surface area contributed by atoms with Gasteiger partial charge in [-0.15, -0.1) is 0 Å². The lowest BCUT2D eigenvalue weighted by Crippen LogP contribution is -2.33. The number of carbonyl (C=O) groups is 3. The highest BCUT2D eigenvalue weighted by Crippen LogP contribution is 2.31. The van der Waals surface area contributed by atoms with Crippen LogP contribution in [0.2, 0.25) is 5.02 Å². The van der Waals surface area contributed by atoms with Crippen molar-refractivity contribution in [2.24, 2.45) is 7.05 Å². The molecular formula is C27H21ClN2O6. The third-order valence-corrected chi connectivity index (χ3v) is 6.01. The van der Waals surface area contributed by atoms with Crippen molar-refractivity contribution in [2.45, 2.75) is 13.0 Å². The standard InChI is InChI=1S/C27H21ClN2O6/c1-15(24(31)29-17-12-13-21(28)20(14-17)26(33)34)36-27(35)23-22(16-8-4-3-5-9-16)18-10-6-7-11-19(18)25(32)30(23)2/h3-15H,1-2H3,(H,29,31)(H,33,34). The summed E-state index contributed by atoms with van der Waals surface area (Å²) in [5.41, 5.74) is 0.830. The molecule has 9 heteroatoms. The number of aromatic nitrogens is 1. The Kier molecular flexibility index (Phi) is 6.89. The third kappa shape index (κ3) is 4.71. The first-order valence-electron chi connectivity index (χ1n) is 10.9. The second-order valence-corrected chi connectivity index (χ2v) is 8.44. The highest BCUT2D eigenvalue weighted by Gasteiger charge is 2.26. The highest BCUT2D eigenvalue weighted by molar-refractivity contribution is 6.33. The number of hydrogen-bond acceptors (Lipinski definition) is 5. The molecule has 1 unspecified atom stereocenters. The maximum absolute atomic E-state index is 13.4. The predicted octanol–water partition coefficient (Wildman–Crippen LogP) is 4.74. The van der Waals surface area contributed by atoms with Crippen molar-refractivity contribution in [2.75, 3.05) is 5.32 Å². The van der Waals surface area contributed by atoms with Crippen molar-refractivity contribution in [1.29, 1.82) is 0 Å². The third-order valence-electron chi connectivity index (χ3n) is 5.68. The lowest BCUT2D eigenvalue weighted by atomic mass is 9.97. The van der Waals surface area contributed by atoms with Gasteiger partial charge in [-0.25, -0.2) is 9.59 Å². The van der Waals surface area contributed by atoms with E-state index in [0.29, 0.717) is 21.9 Å². The monoisotopic (exact) mass is 504 g/mol. The molecule has 1 heterocycles. The number of nitrogens with one attached hydrogen (secondary N) is 1. The molecule has 1 atom stereocenters. The molecule has 0 fully saturated rings. The number of carboxylic acid groups (broad SMARTS) is 1. The van der Waals surface area contributed by atoms with E-state index >= 15 is 0 Å². The number of aromatic carboxylic acids is 1. The van der Waals surface area contributed by atoms with Crippen molar-refractivity contribution >= 4 is 45.9 Å². The maximum Gasteiger partial charge on any atom is 0.356 e. The quantitative estimate of drug-likeness (QED) is 0.366. The Morgan fingerprint density at radius 2 is 1.61 bits per heavy atom. The van der Waals surface area contributed by atoms with Crippen molar-refractivity contribution in [3.05, 3.63) is 99.4 Å². The fraction of sp³-hybridized carbons (Fsp3) is 0.111. The molecule has 2 N–H and O–H groups in total. The molecule has 0 spiro atoms. The predicted molar refractivity (Wildman–Crippen MR) is 137 cm³/mol. The van der Waals surface area contributed by atoms with Gasteiger partial charge in [-0.2, -0.15) is 0 Å². The van der Waals surface area contributed by atoms with Gasteiger partial charge in [-0.3, -0.25) is 9.59 Å². The minimum atomic E-state index is -1.26. The minimum Gasteiger partial charge on any atom is -0.478 e. The number of fused-ring (bicyclic) bond motifs is 1. The van der Waals surface area contributed by atoms with Crippen LogP contribution in [-0.4, -0.2) is 33.6 Å². The fourth-order valence-electron chi connectivity index (χ4n) is 3.88. The van der Waals surface area contributed by atoms with Crippen molar-refractivity contribution in [1.82, 2.24) is 4.57 Å². The van der Waals surface area contributed by atoms with E-state index in [9.17, 15) is 24.3 Å². The molecule has 0 aliphatic carbocycles. The van der Waals surface area contributed by atoms with E-state index in [0.717, 1.165) is 0 Å². The Labute approximate surface area is 210 Å². The number of benzene rings is 3. The van der Waals surface area contributed by atoms with Gasteiger partial charge in [-0.05, 0) is 42.1 Å². The Morgan fingerprint density at radius 3 is 2.28 bits per heavy atom. The zero-order chi connectivity index (χ0) is 26.0. The summed E-state index contributed by atoms with van der Waals surface area (Å²) in [5, 5.41) is 12.8. The molecule has 4 aromatic rings. The topological polar surface area (TPSA) is 115 Å². The summed E-state index contributed by atoms with van der Waals surface area (Å²) < 4.78 is 6.68. The Morgan fingerprint density at radius 1 is 0.972 bits per heavy atom. The number of pyridine rings is 1.